The Kier molecular flexibility index (Phi) is 4.16. The molecular weight excluding hydrogens is 216 g/mol. The van der Waals surface area contributed by atoms with E-state index in [4.69, 9.17) is 5.73 Å². The summed E-state index contributed by atoms with van der Waals surface area (Å²) in [6, 6.07) is 2.19. The molecule has 16 heavy (non-hydrogen) atoms. The van der Waals surface area contributed by atoms with E-state index in [9.17, 15) is 0 Å². The average molecular weight is 240 g/mol. The molecule has 3 heteroatoms. The van der Waals surface area contributed by atoms with Gasteiger partial charge in [0.05, 0.1) is 0 Å². The molecule has 0 saturated carbocycles. The van der Waals surface area contributed by atoms with Gasteiger partial charge in [0.15, 0.2) is 0 Å². The molecule has 0 aliphatic heterocycles. The molecule has 1 heterocycles. The number of hydrogen-bond donors (Lipinski definition) is 2. The Bertz CT molecular complexity index is 339. The average Bonchev–Trinajstić information content (AvgIpc) is 2.63. The minimum Gasteiger partial charge on any atom is -0.329 e. The summed E-state index contributed by atoms with van der Waals surface area (Å²) in [5, 5.41) is 5.71. The van der Waals surface area contributed by atoms with E-state index in [-0.39, 0.29) is 11.0 Å². The maximum atomic E-state index is 5.72. The smallest absolute Gasteiger partial charge is 0.0247 e. The van der Waals surface area contributed by atoms with Crippen molar-refractivity contribution in [1.29, 1.82) is 0 Å². The van der Waals surface area contributed by atoms with Crippen LogP contribution in [0.2, 0.25) is 0 Å². The Morgan fingerprint density at radius 2 is 1.94 bits per heavy atom. The van der Waals surface area contributed by atoms with Gasteiger partial charge in [0.1, 0.15) is 0 Å². The molecule has 0 aromatic carbocycles. The van der Waals surface area contributed by atoms with Gasteiger partial charge in [-0.25, -0.2) is 0 Å². The van der Waals surface area contributed by atoms with Crippen molar-refractivity contribution in [3.63, 3.8) is 0 Å². The molecule has 0 aliphatic carbocycles. The molecule has 1 rings (SSSR count). The van der Waals surface area contributed by atoms with Crippen LogP contribution < -0.4 is 11.1 Å². The molecule has 0 aliphatic rings. The number of thiophene rings is 1. The normalized spacial score (nSPS) is 13.1. The summed E-state index contributed by atoms with van der Waals surface area (Å²) >= 11 is 1.84. The fourth-order valence-corrected chi connectivity index (χ4v) is 2.73. The van der Waals surface area contributed by atoms with Gasteiger partial charge in [-0.2, -0.15) is 0 Å². The van der Waals surface area contributed by atoms with Gasteiger partial charge in [-0.05, 0) is 37.8 Å². The van der Waals surface area contributed by atoms with Crippen molar-refractivity contribution in [2.24, 2.45) is 5.73 Å². The zero-order valence-electron chi connectivity index (χ0n) is 11.1. The fraction of sp³-hybridized carbons (Fsp3) is 0.692. The van der Waals surface area contributed by atoms with E-state index in [0.717, 1.165) is 6.54 Å². The maximum absolute atomic E-state index is 5.72. The summed E-state index contributed by atoms with van der Waals surface area (Å²) in [6.07, 6.45) is 0. The van der Waals surface area contributed by atoms with Crippen molar-refractivity contribution >= 4 is 11.3 Å². The number of aryl methyl sites for hydroxylation is 1. The molecule has 3 N–H and O–H groups in total. The largest absolute Gasteiger partial charge is 0.329 e. The van der Waals surface area contributed by atoms with Gasteiger partial charge in [-0.3, -0.25) is 0 Å². The summed E-state index contributed by atoms with van der Waals surface area (Å²) in [5.74, 6) is 0. The quantitative estimate of drug-likeness (QED) is 0.830. The van der Waals surface area contributed by atoms with Crippen LogP contribution in [0.5, 0.6) is 0 Å². The Morgan fingerprint density at radius 3 is 2.38 bits per heavy atom. The van der Waals surface area contributed by atoms with E-state index >= 15 is 0 Å². The summed E-state index contributed by atoms with van der Waals surface area (Å²) in [5.41, 5.74) is 7.30. The molecule has 1 aromatic rings. The van der Waals surface area contributed by atoms with Crippen molar-refractivity contribution in [2.75, 3.05) is 13.1 Å². The highest BCUT2D eigenvalue weighted by Gasteiger charge is 2.26. The highest BCUT2D eigenvalue weighted by Crippen LogP contribution is 2.30. The Hall–Kier alpha value is -0.380. The topological polar surface area (TPSA) is 38.0 Å². The van der Waals surface area contributed by atoms with Gasteiger partial charge in [-0.1, -0.05) is 13.8 Å². The summed E-state index contributed by atoms with van der Waals surface area (Å²) < 4.78 is 0. The van der Waals surface area contributed by atoms with Gasteiger partial charge >= 0.3 is 0 Å². The molecule has 0 fully saturated rings. The molecule has 0 saturated heterocycles. The molecule has 0 bridgehead atoms. The van der Waals surface area contributed by atoms with Crippen molar-refractivity contribution < 1.29 is 0 Å². The number of hydrogen-bond acceptors (Lipinski definition) is 3. The highest BCUT2D eigenvalue weighted by molar-refractivity contribution is 7.10. The van der Waals surface area contributed by atoms with Crippen LogP contribution >= 0.6 is 11.3 Å². The Balaban J connectivity index is 2.70. The first-order valence-electron chi connectivity index (χ1n) is 5.78. The van der Waals surface area contributed by atoms with Crippen molar-refractivity contribution in [3.8, 4) is 0 Å². The number of nitrogens with one attached hydrogen (secondary N) is 1. The Morgan fingerprint density at radius 1 is 1.31 bits per heavy atom. The van der Waals surface area contributed by atoms with Gasteiger partial charge in [0.2, 0.25) is 0 Å². The monoisotopic (exact) mass is 240 g/mol. The van der Waals surface area contributed by atoms with Gasteiger partial charge < -0.3 is 11.1 Å². The van der Waals surface area contributed by atoms with Crippen LogP contribution in [0.25, 0.3) is 0 Å². The molecular formula is C13H24N2S. The second-order valence-corrected chi connectivity index (χ2v) is 6.67. The molecule has 0 atom stereocenters. The zero-order chi connectivity index (χ0) is 12.4. The van der Waals surface area contributed by atoms with E-state index in [1.807, 2.05) is 11.3 Å². The van der Waals surface area contributed by atoms with Gasteiger partial charge in [0.25, 0.3) is 0 Å². The van der Waals surface area contributed by atoms with Crippen LogP contribution in [0.1, 0.15) is 38.1 Å². The predicted octanol–water partition coefficient (Wildman–Crippen LogP) is 2.66. The predicted molar refractivity (Wildman–Crippen MR) is 73.2 cm³/mol. The maximum Gasteiger partial charge on any atom is 0.0247 e. The Labute approximate surface area is 103 Å². The first-order chi connectivity index (χ1) is 7.28. The second-order valence-electron chi connectivity index (χ2n) is 5.76. The second kappa shape index (κ2) is 4.86. The molecule has 0 radical (unpaired) electrons. The fourth-order valence-electron chi connectivity index (χ4n) is 1.68. The number of rotatable bonds is 5. The lowest BCUT2D eigenvalue weighted by Gasteiger charge is -2.32. The van der Waals surface area contributed by atoms with E-state index in [0.29, 0.717) is 6.54 Å². The first-order valence-corrected chi connectivity index (χ1v) is 6.66. The number of nitrogens with two attached hydrogens (primary N) is 1. The first kappa shape index (κ1) is 13.7. The molecule has 0 amide bonds. The van der Waals surface area contributed by atoms with Crippen LogP contribution in [0.4, 0.5) is 0 Å². The van der Waals surface area contributed by atoms with Gasteiger partial charge in [0, 0.05) is 28.9 Å². The minimum atomic E-state index is 0.0163. The van der Waals surface area contributed by atoms with E-state index in [2.05, 4.69) is 51.4 Å². The molecule has 0 spiro atoms. The zero-order valence-corrected chi connectivity index (χ0v) is 11.9. The summed E-state index contributed by atoms with van der Waals surface area (Å²) in [6.45, 7) is 12.7. The van der Waals surface area contributed by atoms with Crippen molar-refractivity contribution in [2.45, 2.75) is 45.6 Å². The summed E-state index contributed by atoms with van der Waals surface area (Å²) in [7, 11) is 0. The molecule has 2 nitrogen and oxygen atoms in total. The molecule has 1 aromatic heterocycles. The van der Waals surface area contributed by atoms with E-state index < -0.39 is 0 Å². The van der Waals surface area contributed by atoms with Crippen LogP contribution in [0.3, 0.4) is 0 Å². The summed E-state index contributed by atoms with van der Waals surface area (Å²) in [4.78, 5) is 1.47. The standard InChI is InChI=1S/C13H24N2S/c1-10-6-7-16-11(10)12(2,3)9-15-13(4,5)8-14/h6-7,15H,8-9,14H2,1-5H3. The van der Waals surface area contributed by atoms with Crippen LogP contribution in [-0.2, 0) is 5.41 Å². The SMILES string of the molecule is Cc1ccsc1C(C)(C)CNC(C)(C)CN. The highest BCUT2D eigenvalue weighted by atomic mass is 32.1. The van der Waals surface area contributed by atoms with E-state index in [1.165, 1.54) is 10.4 Å². The van der Waals surface area contributed by atoms with Gasteiger partial charge in [-0.15, -0.1) is 11.3 Å². The lowest BCUT2D eigenvalue weighted by Crippen LogP contribution is -2.50. The molecule has 92 valence electrons. The molecule has 0 unspecified atom stereocenters. The minimum absolute atomic E-state index is 0.0163. The van der Waals surface area contributed by atoms with Crippen LogP contribution in [0, 0.1) is 6.92 Å². The van der Waals surface area contributed by atoms with Crippen molar-refractivity contribution in [1.82, 2.24) is 5.32 Å². The third-order valence-corrected chi connectivity index (χ3v) is 4.38. The third kappa shape index (κ3) is 3.30. The third-order valence-electron chi connectivity index (χ3n) is 3.00. The van der Waals surface area contributed by atoms with E-state index in [1.54, 1.807) is 0 Å². The van der Waals surface area contributed by atoms with Crippen LogP contribution in [0.15, 0.2) is 11.4 Å². The lowest BCUT2D eigenvalue weighted by molar-refractivity contribution is 0.349. The van der Waals surface area contributed by atoms with Crippen molar-refractivity contribution in [3.05, 3.63) is 21.9 Å². The lowest BCUT2D eigenvalue weighted by atomic mass is 9.88. The van der Waals surface area contributed by atoms with Crippen LogP contribution in [-0.4, -0.2) is 18.6 Å².